The molecule has 0 fully saturated rings. The van der Waals surface area contributed by atoms with Crippen molar-refractivity contribution in [3.05, 3.63) is 57.1 Å². The molecule has 23 heavy (non-hydrogen) atoms. The van der Waals surface area contributed by atoms with Gasteiger partial charge in [0.2, 0.25) is 5.89 Å². The van der Waals surface area contributed by atoms with Crippen molar-refractivity contribution in [2.75, 3.05) is 6.54 Å². The Morgan fingerprint density at radius 3 is 2.96 bits per heavy atom. The summed E-state index contributed by atoms with van der Waals surface area (Å²) in [5.74, 6) is 0.580. The molecule has 4 nitrogen and oxygen atoms in total. The van der Waals surface area contributed by atoms with Crippen molar-refractivity contribution in [2.24, 2.45) is 0 Å². The molecule has 118 valence electrons. The zero-order valence-corrected chi connectivity index (χ0v) is 14.4. The van der Waals surface area contributed by atoms with E-state index in [1.807, 2.05) is 41.7 Å². The summed E-state index contributed by atoms with van der Waals surface area (Å²) >= 11 is 7.20. The second-order valence-electron chi connectivity index (χ2n) is 5.72. The molecule has 0 aliphatic carbocycles. The molecule has 0 N–H and O–H groups in total. The van der Waals surface area contributed by atoms with Crippen LogP contribution in [0, 0.1) is 4.84 Å². The van der Waals surface area contributed by atoms with Gasteiger partial charge in [0, 0.05) is 23.0 Å². The zero-order valence-electron chi connectivity index (χ0n) is 12.8. The molecular formula is C17H17N3OS2. The summed E-state index contributed by atoms with van der Waals surface area (Å²) in [4.78, 5) is 4.32. The average Bonchev–Trinajstić information content (AvgIpc) is 3.19. The van der Waals surface area contributed by atoms with E-state index in [4.69, 9.17) is 16.6 Å². The Morgan fingerprint density at radius 2 is 2.13 bits per heavy atom. The van der Waals surface area contributed by atoms with Gasteiger partial charge in [0.1, 0.15) is 0 Å². The number of nitrogens with zero attached hydrogens (tertiary/aromatic N) is 3. The molecule has 3 heterocycles. The van der Waals surface area contributed by atoms with Crippen LogP contribution in [0.1, 0.15) is 23.4 Å². The number of rotatable bonds is 3. The van der Waals surface area contributed by atoms with Crippen molar-refractivity contribution in [3.63, 3.8) is 0 Å². The van der Waals surface area contributed by atoms with Crippen molar-refractivity contribution in [3.8, 4) is 11.5 Å². The van der Waals surface area contributed by atoms with Crippen LogP contribution in [0.15, 0.2) is 46.2 Å². The maximum atomic E-state index is 5.67. The Balaban J connectivity index is 1.58. The molecule has 6 heteroatoms. The van der Waals surface area contributed by atoms with Crippen molar-refractivity contribution < 1.29 is 4.42 Å². The highest BCUT2D eigenvalue weighted by molar-refractivity contribution is 7.71. The fourth-order valence-electron chi connectivity index (χ4n) is 3.02. The van der Waals surface area contributed by atoms with E-state index in [1.165, 1.54) is 10.4 Å². The molecule has 0 saturated heterocycles. The van der Waals surface area contributed by atoms with Crippen LogP contribution in [-0.2, 0) is 13.1 Å². The van der Waals surface area contributed by atoms with E-state index in [2.05, 4.69) is 28.4 Å². The number of aromatic nitrogens is 2. The lowest BCUT2D eigenvalue weighted by Gasteiger charge is -2.32. The topological polar surface area (TPSA) is 34.2 Å². The molecule has 1 aliphatic heterocycles. The van der Waals surface area contributed by atoms with Gasteiger partial charge in [0.05, 0.1) is 6.67 Å². The normalized spacial score (nSPS) is 18.0. The Labute approximate surface area is 144 Å². The van der Waals surface area contributed by atoms with Crippen LogP contribution in [-0.4, -0.2) is 21.2 Å². The van der Waals surface area contributed by atoms with Crippen LogP contribution in [0.2, 0.25) is 0 Å². The zero-order chi connectivity index (χ0) is 15.8. The molecule has 4 rings (SSSR count). The summed E-state index contributed by atoms with van der Waals surface area (Å²) in [7, 11) is 0. The predicted octanol–water partition coefficient (Wildman–Crippen LogP) is 4.51. The number of fused-ring (bicyclic) bond motifs is 1. The maximum Gasteiger partial charge on any atom is 0.288 e. The first-order chi connectivity index (χ1) is 11.2. The molecule has 0 spiro atoms. The van der Waals surface area contributed by atoms with Gasteiger partial charge in [-0.25, -0.2) is 4.68 Å². The van der Waals surface area contributed by atoms with Crippen LogP contribution < -0.4 is 0 Å². The SMILES string of the molecule is C[C@@H]1c2ccsc2CCN1Cn1nc(-c2ccccc2)oc1=S. The summed E-state index contributed by atoms with van der Waals surface area (Å²) < 4.78 is 7.46. The molecule has 0 amide bonds. The van der Waals surface area contributed by atoms with Gasteiger partial charge in [-0.15, -0.1) is 16.4 Å². The van der Waals surface area contributed by atoms with Gasteiger partial charge in [0.25, 0.3) is 4.84 Å². The average molecular weight is 343 g/mol. The van der Waals surface area contributed by atoms with Crippen LogP contribution in [0.4, 0.5) is 0 Å². The molecule has 3 aromatic rings. The predicted molar refractivity (Wildman–Crippen MR) is 93.9 cm³/mol. The van der Waals surface area contributed by atoms with E-state index in [-0.39, 0.29) is 0 Å². The second kappa shape index (κ2) is 6.03. The maximum absolute atomic E-state index is 5.67. The monoisotopic (exact) mass is 343 g/mol. The first-order valence-corrected chi connectivity index (χ1v) is 8.95. The third-order valence-corrected chi connectivity index (χ3v) is 5.64. The Bertz CT molecular complexity index is 865. The molecular weight excluding hydrogens is 326 g/mol. The Morgan fingerprint density at radius 1 is 1.30 bits per heavy atom. The summed E-state index contributed by atoms with van der Waals surface area (Å²) in [5, 5.41) is 6.74. The van der Waals surface area contributed by atoms with Crippen LogP contribution in [0.5, 0.6) is 0 Å². The van der Waals surface area contributed by atoms with E-state index in [0.717, 1.165) is 18.5 Å². The lowest BCUT2D eigenvalue weighted by Crippen LogP contribution is -2.35. The Hall–Kier alpha value is -1.76. The third-order valence-electron chi connectivity index (χ3n) is 4.35. The van der Waals surface area contributed by atoms with Crippen LogP contribution >= 0.6 is 23.6 Å². The summed E-state index contributed by atoms with van der Waals surface area (Å²) in [5.41, 5.74) is 2.38. The Kier molecular flexibility index (Phi) is 3.88. The van der Waals surface area contributed by atoms with Gasteiger partial charge in [-0.05, 0) is 54.7 Å². The van der Waals surface area contributed by atoms with Crippen LogP contribution in [0.3, 0.4) is 0 Å². The van der Waals surface area contributed by atoms with Crippen molar-refractivity contribution in [2.45, 2.75) is 26.1 Å². The van der Waals surface area contributed by atoms with Gasteiger partial charge in [0.15, 0.2) is 0 Å². The molecule has 0 radical (unpaired) electrons. The highest BCUT2D eigenvalue weighted by Gasteiger charge is 2.25. The minimum atomic E-state index is 0.378. The van der Waals surface area contributed by atoms with Crippen molar-refractivity contribution in [1.82, 2.24) is 14.7 Å². The molecule has 1 aliphatic rings. The number of hydrogen-bond acceptors (Lipinski definition) is 5. The van der Waals surface area contributed by atoms with Gasteiger partial charge < -0.3 is 4.42 Å². The van der Waals surface area contributed by atoms with Crippen molar-refractivity contribution in [1.29, 1.82) is 0 Å². The number of thiophene rings is 1. The van der Waals surface area contributed by atoms with Gasteiger partial charge in [-0.3, -0.25) is 4.90 Å². The largest absolute Gasteiger partial charge is 0.409 e. The van der Waals surface area contributed by atoms with Gasteiger partial charge >= 0.3 is 0 Å². The first-order valence-electron chi connectivity index (χ1n) is 7.66. The number of hydrogen-bond donors (Lipinski definition) is 0. The molecule has 1 aromatic carbocycles. The van der Waals surface area contributed by atoms with E-state index < -0.39 is 0 Å². The highest BCUT2D eigenvalue weighted by atomic mass is 32.1. The summed E-state index contributed by atoms with van der Waals surface area (Å²) in [6.07, 6.45) is 1.09. The highest BCUT2D eigenvalue weighted by Crippen LogP contribution is 2.33. The molecule has 0 saturated carbocycles. The van der Waals surface area contributed by atoms with Gasteiger partial charge in [-0.2, -0.15) is 0 Å². The molecule has 0 unspecified atom stereocenters. The molecule has 0 bridgehead atoms. The van der Waals surface area contributed by atoms with E-state index >= 15 is 0 Å². The third kappa shape index (κ3) is 2.78. The van der Waals surface area contributed by atoms with Gasteiger partial charge in [-0.1, -0.05) is 18.2 Å². The van der Waals surface area contributed by atoms with Crippen molar-refractivity contribution >= 4 is 23.6 Å². The quantitative estimate of drug-likeness (QED) is 0.655. The minimum absolute atomic E-state index is 0.378. The molecule has 2 aromatic heterocycles. The fraction of sp³-hybridized carbons (Fsp3) is 0.294. The minimum Gasteiger partial charge on any atom is -0.409 e. The second-order valence-corrected chi connectivity index (χ2v) is 7.07. The van der Waals surface area contributed by atoms with Crippen LogP contribution in [0.25, 0.3) is 11.5 Å². The first kappa shape index (κ1) is 14.8. The summed E-state index contributed by atoms with van der Waals surface area (Å²) in [6, 6.07) is 12.5. The standard InChI is InChI=1S/C17H17N3OS2/c1-12-14-8-10-23-15(14)7-9-19(12)11-20-17(22)21-16(18-20)13-5-3-2-4-6-13/h2-6,8,10,12H,7,9,11H2,1H3/t12-/m1/s1. The van der Waals surface area contributed by atoms with E-state index in [9.17, 15) is 0 Å². The fourth-order valence-corrected chi connectivity index (χ4v) is 4.16. The number of benzene rings is 1. The van der Waals surface area contributed by atoms with E-state index in [0.29, 0.717) is 23.4 Å². The molecule has 1 atom stereocenters. The summed E-state index contributed by atoms with van der Waals surface area (Å²) in [6.45, 7) is 3.92. The lowest BCUT2D eigenvalue weighted by molar-refractivity contribution is 0.142. The lowest BCUT2D eigenvalue weighted by atomic mass is 10.0. The smallest absolute Gasteiger partial charge is 0.288 e. The van der Waals surface area contributed by atoms with E-state index in [1.54, 1.807) is 4.68 Å².